The number of hydrogen-bond donors (Lipinski definition) is 2. The Morgan fingerprint density at radius 3 is 1.24 bits per heavy atom. The first-order valence-electron chi connectivity index (χ1n) is 24.3. The number of Topliss-reactive ketones (excluding diaryl/α,β-unsaturated/α-hetero) is 1. The average Bonchev–Trinajstić information content (AvgIpc) is 4.11. The lowest BCUT2D eigenvalue weighted by atomic mass is 9.82. The van der Waals surface area contributed by atoms with Gasteiger partial charge in [-0.2, -0.15) is 9.97 Å². The Balaban J connectivity index is 0.977. The molecule has 0 fully saturated rings. The van der Waals surface area contributed by atoms with Crippen LogP contribution in [0, 0.1) is 11.6 Å². The molecule has 2 unspecified atom stereocenters. The van der Waals surface area contributed by atoms with Gasteiger partial charge in [-0.15, -0.1) is 0 Å². The maximum atomic E-state index is 15.4. The van der Waals surface area contributed by atoms with Crippen LogP contribution in [0.25, 0.3) is 34.5 Å². The molecule has 78 heavy (non-hydrogen) atoms. The minimum atomic E-state index is -4.11. The number of fused-ring (bicyclic) bond motifs is 2. The summed E-state index contributed by atoms with van der Waals surface area (Å²) in [6.07, 6.45) is 13.2. The first kappa shape index (κ1) is 52.0. The predicted molar refractivity (Wildman–Crippen MR) is 291 cm³/mol. The quantitative estimate of drug-likeness (QED) is 0.0727. The highest BCUT2D eigenvalue weighted by Gasteiger charge is 2.28. The number of imidazole rings is 2. The number of sulfonamides is 2. The highest BCUT2D eigenvalue weighted by Crippen LogP contribution is 2.34. The van der Waals surface area contributed by atoms with Crippen LogP contribution in [0.2, 0.25) is 0 Å². The molecular formula is C57H46F2N10O7S2. The summed E-state index contributed by atoms with van der Waals surface area (Å²) in [7, 11) is -8.22. The molecule has 0 radical (unpaired) electrons. The van der Waals surface area contributed by atoms with Crippen LogP contribution in [-0.2, 0) is 37.9 Å². The fraction of sp³-hybridized carbons (Fsp3) is 0.105. The lowest BCUT2D eigenvalue weighted by Gasteiger charge is -2.20. The molecule has 6 aromatic carbocycles. The number of allylic oxidation sites excluding steroid dienone is 2. The Morgan fingerprint density at radius 1 is 0.513 bits per heavy atom. The minimum absolute atomic E-state index is 0.142. The molecule has 0 aliphatic heterocycles. The number of halogens is 2. The summed E-state index contributed by atoms with van der Waals surface area (Å²) in [5, 5.41) is 0. The zero-order valence-corrected chi connectivity index (χ0v) is 43.2. The van der Waals surface area contributed by atoms with Gasteiger partial charge in [0, 0.05) is 24.5 Å². The zero-order chi connectivity index (χ0) is 54.4. The summed E-state index contributed by atoms with van der Waals surface area (Å²) in [5.74, 6) is -1.87. The molecule has 21 heteroatoms. The molecule has 0 aliphatic rings. The van der Waals surface area contributed by atoms with Gasteiger partial charge in [-0.05, 0) is 133 Å². The number of aryl methyl sites for hydroxylation is 2. The van der Waals surface area contributed by atoms with Crippen LogP contribution in [0.15, 0.2) is 193 Å². The number of anilines is 2. The normalized spacial score (nSPS) is 12.8. The van der Waals surface area contributed by atoms with Crippen LogP contribution in [0.1, 0.15) is 47.9 Å². The Morgan fingerprint density at radius 2 is 0.885 bits per heavy atom. The smallest absolute Gasteiger partial charge is 0.261 e. The van der Waals surface area contributed by atoms with Gasteiger partial charge in [0.1, 0.15) is 35.8 Å². The molecule has 0 bridgehead atoms. The monoisotopic (exact) mass is 1080 g/mol. The van der Waals surface area contributed by atoms with Crippen molar-refractivity contribution in [2.75, 3.05) is 9.44 Å². The summed E-state index contributed by atoms with van der Waals surface area (Å²) >= 11 is 0. The second-order valence-electron chi connectivity index (χ2n) is 17.5. The van der Waals surface area contributed by atoms with E-state index in [0.717, 1.165) is 48.5 Å². The van der Waals surface area contributed by atoms with E-state index in [4.69, 9.17) is 9.47 Å². The summed E-state index contributed by atoms with van der Waals surface area (Å²) < 4.78 is 102. The lowest BCUT2D eigenvalue weighted by molar-refractivity contribution is -0.120. The van der Waals surface area contributed by atoms with Crippen LogP contribution >= 0.6 is 0 Å². The second kappa shape index (κ2) is 22.4. The van der Waals surface area contributed by atoms with Crippen molar-refractivity contribution in [1.29, 1.82) is 0 Å². The maximum absolute atomic E-state index is 15.4. The molecule has 10 rings (SSSR count). The van der Waals surface area contributed by atoms with E-state index in [-0.39, 0.29) is 38.7 Å². The van der Waals surface area contributed by atoms with Gasteiger partial charge in [-0.25, -0.2) is 45.6 Å². The largest absolute Gasteiger partial charge is 0.437 e. The molecule has 2 N–H and O–H groups in total. The Kier molecular flexibility index (Phi) is 14.9. The van der Waals surface area contributed by atoms with Crippen LogP contribution in [0.3, 0.4) is 0 Å². The Hall–Kier alpha value is -9.47. The molecule has 2 atom stereocenters. The molecule has 0 saturated carbocycles. The molecule has 4 heterocycles. The van der Waals surface area contributed by atoms with E-state index in [1.54, 1.807) is 85.5 Å². The highest BCUT2D eigenvalue weighted by atomic mass is 32.2. The SMILES string of the molecule is CCn1cnc2c(Oc3ccc(/C=C/C(C(=O)C(/C=C/c4ccc(Oc5ncnc6c5ncn6CC)cc4)c4ccc(NS(=O)(=O)c5ccc(F)cc5)cc4)c4ccc(NS(=O)(=O)c5ccc(F)cc5)cc4)cc3)ncnc21. The standard InChI is InChI=1S/C57H46F2N10O7S2/c1-3-68-35-64-51-54(68)60-33-62-56(51)75-45-23-5-37(6-24-45)9-31-49(39-11-19-43(20-12-39)66-77(71,72)47-27-15-41(58)16-28-47)53(70)50(40-13-21-44(22-14-40)67-78(73,74)48-29-17-42(59)18-30-48)32-10-38-7-25-46(26-8-38)76-57-52-55(61-34-63-57)69(4-2)36-65-52/h5-36,49-50,66-67H,3-4H2,1-2H3/b31-9+,32-10+. The number of ketones is 1. The van der Waals surface area contributed by atoms with E-state index in [9.17, 15) is 25.6 Å². The fourth-order valence-corrected chi connectivity index (χ4v) is 10.5. The number of nitrogens with zero attached hydrogens (tertiary/aromatic N) is 8. The third-order valence-corrected chi connectivity index (χ3v) is 15.3. The number of hydrogen-bond acceptors (Lipinski definition) is 13. The van der Waals surface area contributed by atoms with Crippen molar-refractivity contribution < 1.29 is 39.9 Å². The molecule has 0 saturated heterocycles. The Labute approximate surface area is 446 Å². The lowest BCUT2D eigenvalue weighted by Crippen LogP contribution is -2.19. The van der Waals surface area contributed by atoms with Crippen molar-refractivity contribution in [1.82, 2.24) is 39.0 Å². The molecular weight excluding hydrogens is 1040 g/mol. The fourth-order valence-electron chi connectivity index (χ4n) is 8.37. The van der Waals surface area contributed by atoms with Gasteiger partial charge in [-0.3, -0.25) is 14.2 Å². The number of carbonyl (C=O) groups excluding carboxylic acids is 1. The van der Waals surface area contributed by atoms with Crippen molar-refractivity contribution in [2.45, 2.75) is 48.6 Å². The van der Waals surface area contributed by atoms with Gasteiger partial charge >= 0.3 is 0 Å². The van der Waals surface area contributed by atoms with Gasteiger partial charge in [0.2, 0.25) is 0 Å². The van der Waals surface area contributed by atoms with Crippen LogP contribution < -0.4 is 18.9 Å². The minimum Gasteiger partial charge on any atom is -0.437 e. The van der Waals surface area contributed by atoms with Crippen molar-refractivity contribution in [3.63, 3.8) is 0 Å². The average molecular weight is 1090 g/mol. The number of carbonyl (C=O) groups is 1. The van der Waals surface area contributed by atoms with E-state index in [1.807, 2.05) is 47.2 Å². The van der Waals surface area contributed by atoms with Gasteiger partial charge in [0.05, 0.1) is 34.3 Å². The predicted octanol–water partition coefficient (Wildman–Crippen LogP) is 11.3. The van der Waals surface area contributed by atoms with E-state index < -0.39 is 43.5 Å². The molecule has 0 amide bonds. The molecule has 10 aromatic rings. The molecule has 0 spiro atoms. The van der Waals surface area contributed by atoms with Crippen molar-refractivity contribution >= 4 is 71.7 Å². The van der Waals surface area contributed by atoms with Gasteiger partial charge < -0.3 is 18.6 Å². The molecule has 4 aromatic heterocycles. The number of nitrogens with one attached hydrogen (secondary N) is 2. The molecule has 0 aliphatic carbocycles. The van der Waals surface area contributed by atoms with Gasteiger partial charge in [0.15, 0.2) is 28.1 Å². The van der Waals surface area contributed by atoms with Crippen LogP contribution in [-0.4, -0.2) is 61.7 Å². The summed E-state index contributed by atoms with van der Waals surface area (Å²) in [4.78, 5) is 41.3. The molecule has 17 nitrogen and oxygen atoms in total. The second-order valence-corrected chi connectivity index (χ2v) is 20.9. The van der Waals surface area contributed by atoms with E-state index in [2.05, 4.69) is 39.3 Å². The van der Waals surface area contributed by atoms with E-state index in [1.165, 1.54) is 36.9 Å². The third-order valence-electron chi connectivity index (χ3n) is 12.5. The number of aromatic nitrogens is 8. The summed E-state index contributed by atoms with van der Waals surface area (Å²) in [6.45, 7) is 5.29. The van der Waals surface area contributed by atoms with Crippen LogP contribution in [0.5, 0.6) is 23.3 Å². The summed E-state index contributed by atoms with van der Waals surface area (Å²) in [6, 6.07) is 35.8. The van der Waals surface area contributed by atoms with Crippen LogP contribution in [0.4, 0.5) is 20.2 Å². The third kappa shape index (κ3) is 11.7. The van der Waals surface area contributed by atoms with E-state index in [0.29, 0.717) is 69.2 Å². The zero-order valence-electron chi connectivity index (χ0n) is 41.6. The molecule has 392 valence electrons. The number of rotatable bonds is 20. The number of ether oxygens (including phenoxy) is 2. The van der Waals surface area contributed by atoms with Gasteiger partial charge in [0.25, 0.3) is 31.8 Å². The highest BCUT2D eigenvalue weighted by molar-refractivity contribution is 7.93. The topological polar surface area (TPSA) is 215 Å². The first-order chi connectivity index (χ1) is 37.7. The first-order valence-corrected chi connectivity index (χ1v) is 27.2. The van der Waals surface area contributed by atoms with Crippen molar-refractivity contribution in [2.24, 2.45) is 0 Å². The van der Waals surface area contributed by atoms with Gasteiger partial charge in [-0.1, -0.05) is 72.8 Å². The van der Waals surface area contributed by atoms with Crippen molar-refractivity contribution in [3.8, 4) is 23.3 Å². The van der Waals surface area contributed by atoms with Crippen molar-refractivity contribution in [3.05, 3.63) is 217 Å². The Bertz CT molecular complexity index is 3800. The maximum Gasteiger partial charge on any atom is 0.261 e. The number of benzene rings is 6. The summed E-state index contributed by atoms with van der Waals surface area (Å²) in [5.41, 5.74) is 5.10. The van der Waals surface area contributed by atoms with E-state index >= 15 is 4.79 Å².